The standard InChI is InChI=1S/C21H34O4/c1-4-7-16(5-2)20(23)24-13-19(22)25-21(6-3)17-9-14-8-15(11-17)12-18(21)10-14/h14-15,17-18,23H,4-13H2,1-3H3. The van der Waals surface area contributed by atoms with Crippen molar-refractivity contribution in [2.24, 2.45) is 23.7 Å². The maximum atomic E-state index is 12.5. The SMILES string of the molecule is CCCC(CC)=C(O)OCC(=O)OC1(CC)C2CC3CC(C2)CC1C3. The van der Waals surface area contributed by atoms with Crippen LogP contribution in [-0.2, 0) is 14.3 Å². The number of hydrogen-bond donors (Lipinski definition) is 1. The molecule has 0 unspecified atom stereocenters. The minimum atomic E-state index is -0.326. The average Bonchev–Trinajstić information content (AvgIpc) is 2.60. The van der Waals surface area contributed by atoms with Crippen molar-refractivity contribution in [1.82, 2.24) is 0 Å². The van der Waals surface area contributed by atoms with Gasteiger partial charge in [-0.25, -0.2) is 4.79 Å². The van der Waals surface area contributed by atoms with Crippen molar-refractivity contribution in [3.05, 3.63) is 11.5 Å². The molecule has 25 heavy (non-hydrogen) atoms. The maximum absolute atomic E-state index is 12.5. The van der Waals surface area contributed by atoms with Crippen LogP contribution in [-0.4, -0.2) is 23.3 Å². The number of allylic oxidation sites excluding steroid dienone is 1. The van der Waals surface area contributed by atoms with Crippen LogP contribution >= 0.6 is 0 Å². The lowest BCUT2D eigenvalue weighted by molar-refractivity contribution is -0.214. The van der Waals surface area contributed by atoms with Crippen LogP contribution in [0.1, 0.15) is 78.6 Å². The van der Waals surface area contributed by atoms with E-state index in [9.17, 15) is 9.90 Å². The van der Waals surface area contributed by atoms with Crippen LogP contribution in [0.5, 0.6) is 0 Å². The Balaban J connectivity index is 1.62. The molecule has 4 bridgehead atoms. The van der Waals surface area contributed by atoms with Crippen molar-refractivity contribution in [2.75, 3.05) is 6.61 Å². The third-order valence-corrected chi connectivity index (χ3v) is 6.98. The van der Waals surface area contributed by atoms with Crippen LogP contribution in [0.3, 0.4) is 0 Å². The van der Waals surface area contributed by atoms with Gasteiger partial charge in [0, 0.05) is 5.57 Å². The van der Waals surface area contributed by atoms with Crippen molar-refractivity contribution in [3.8, 4) is 0 Å². The minimum absolute atomic E-state index is 0.0862. The second-order valence-electron chi connectivity index (χ2n) is 8.39. The zero-order valence-corrected chi connectivity index (χ0v) is 16.1. The monoisotopic (exact) mass is 350 g/mol. The van der Waals surface area contributed by atoms with Gasteiger partial charge in [-0.05, 0) is 75.0 Å². The molecule has 1 N–H and O–H groups in total. The fourth-order valence-corrected chi connectivity index (χ4v) is 6.01. The third-order valence-electron chi connectivity index (χ3n) is 6.98. The van der Waals surface area contributed by atoms with Gasteiger partial charge in [-0.15, -0.1) is 0 Å². The van der Waals surface area contributed by atoms with Crippen LogP contribution in [0.4, 0.5) is 0 Å². The first-order valence-electron chi connectivity index (χ1n) is 10.3. The zero-order chi connectivity index (χ0) is 18.0. The summed E-state index contributed by atoms with van der Waals surface area (Å²) in [5.74, 6) is 2.33. The summed E-state index contributed by atoms with van der Waals surface area (Å²) in [5.41, 5.74) is 0.583. The first-order chi connectivity index (χ1) is 12.0. The van der Waals surface area contributed by atoms with Gasteiger partial charge in [0.1, 0.15) is 5.60 Å². The molecule has 0 aliphatic heterocycles. The van der Waals surface area contributed by atoms with Gasteiger partial charge in [-0.3, -0.25) is 0 Å². The molecule has 0 saturated heterocycles. The number of aliphatic hydroxyl groups excluding tert-OH is 1. The molecule has 0 heterocycles. The molecule has 142 valence electrons. The first kappa shape index (κ1) is 18.6. The van der Waals surface area contributed by atoms with Gasteiger partial charge in [-0.2, -0.15) is 0 Å². The van der Waals surface area contributed by atoms with Gasteiger partial charge in [0.15, 0.2) is 6.61 Å². The van der Waals surface area contributed by atoms with E-state index < -0.39 is 0 Å². The number of rotatable bonds is 8. The molecule has 0 aromatic rings. The molecule has 0 aromatic carbocycles. The molecule has 4 aliphatic rings. The highest BCUT2D eigenvalue weighted by Crippen LogP contribution is 2.60. The molecular formula is C21H34O4. The lowest BCUT2D eigenvalue weighted by Crippen LogP contribution is -2.59. The summed E-state index contributed by atoms with van der Waals surface area (Å²) in [6, 6.07) is 0. The topological polar surface area (TPSA) is 55.8 Å². The predicted molar refractivity (Wildman–Crippen MR) is 97.0 cm³/mol. The van der Waals surface area contributed by atoms with Gasteiger partial charge in [0.2, 0.25) is 0 Å². The van der Waals surface area contributed by atoms with E-state index in [1.54, 1.807) is 0 Å². The summed E-state index contributed by atoms with van der Waals surface area (Å²) in [5, 5.41) is 10.1. The highest BCUT2D eigenvalue weighted by molar-refractivity contribution is 5.71. The fraction of sp³-hybridized carbons (Fsp3) is 0.857. The van der Waals surface area contributed by atoms with E-state index in [-0.39, 0.29) is 24.1 Å². The minimum Gasteiger partial charge on any atom is -0.481 e. The Bertz CT molecular complexity index is 494. The number of ether oxygens (including phenoxy) is 2. The number of hydrogen-bond acceptors (Lipinski definition) is 4. The molecule has 4 fully saturated rings. The molecule has 0 amide bonds. The van der Waals surface area contributed by atoms with Crippen LogP contribution in [0, 0.1) is 23.7 Å². The molecule has 4 rings (SSSR count). The Hall–Kier alpha value is -1.19. The lowest BCUT2D eigenvalue weighted by Gasteiger charge is -2.60. The van der Waals surface area contributed by atoms with Crippen molar-refractivity contribution < 1.29 is 19.4 Å². The molecule has 4 saturated carbocycles. The van der Waals surface area contributed by atoms with Crippen LogP contribution in [0.15, 0.2) is 11.5 Å². The van der Waals surface area contributed by atoms with E-state index in [1.165, 1.54) is 32.1 Å². The number of carbonyl (C=O) groups excluding carboxylic acids is 1. The third kappa shape index (κ3) is 3.54. The van der Waals surface area contributed by atoms with Crippen molar-refractivity contribution in [1.29, 1.82) is 0 Å². The van der Waals surface area contributed by atoms with Crippen molar-refractivity contribution >= 4 is 5.97 Å². The molecule has 4 aliphatic carbocycles. The Morgan fingerprint density at radius 2 is 1.64 bits per heavy atom. The number of aliphatic hydroxyl groups is 1. The Kier molecular flexibility index (Phi) is 5.65. The van der Waals surface area contributed by atoms with E-state index >= 15 is 0 Å². The summed E-state index contributed by atoms with van der Waals surface area (Å²) >= 11 is 0. The van der Waals surface area contributed by atoms with Gasteiger partial charge in [0.05, 0.1) is 0 Å². The molecule has 0 spiro atoms. The summed E-state index contributed by atoms with van der Waals surface area (Å²) in [7, 11) is 0. The van der Waals surface area contributed by atoms with Gasteiger partial charge >= 0.3 is 5.97 Å². The summed E-state index contributed by atoms with van der Waals surface area (Å²) in [4.78, 5) is 12.5. The smallest absolute Gasteiger partial charge is 0.344 e. The van der Waals surface area contributed by atoms with Crippen LogP contribution < -0.4 is 0 Å². The van der Waals surface area contributed by atoms with Crippen molar-refractivity contribution in [3.63, 3.8) is 0 Å². The summed E-state index contributed by atoms with van der Waals surface area (Å²) < 4.78 is 11.4. The second-order valence-corrected chi connectivity index (χ2v) is 8.39. The van der Waals surface area contributed by atoms with Gasteiger partial charge in [0.25, 0.3) is 5.95 Å². The summed E-state index contributed by atoms with van der Waals surface area (Å²) in [6.07, 6.45) is 9.64. The highest BCUT2D eigenvalue weighted by Gasteiger charge is 2.58. The number of esters is 1. The highest BCUT2D eigenvalue weighted by atomic mass is 16.6. The van der Waals surface area contributed by atoms with Gasteiger partial charge < -0.3 is 14.6 Å². The second kappa shape index (κ2) is 7.59. The summed E-state index contributed by atoms with van der Waals surface area (Å²) in [6.45, 7) is 6.02. The van der Waals surface area contributed by atoms with Crippen LogP contribution in [0.2, 0.25) is 0 Å². The normalized spacial score (nSPS) is 36.9. The Morgan fingerprint density at radius 1 is 1.04 bits per heavy atom. The van der Waals surface area contributed by atoms with E-state index in [0.29, 0.717) is 11.8 Å². The molecule has 0 atom stereocenters. The molecule has 0 aromatic heterocycles. The predicted octanol–water partition coefficient (Wildman–Crippen LogP) is 5.13. The van der Waals surface area contributed by atoms with Gasteiger partial charge in [-0.1, -0.05) is 27.2 Å². The van der Waals surface area contributed by atoms with Crippen molar-refractivity contribution in [2.45, 2.75) is 84.2 Å². The molecule has 0 radical (unpaired) electrons. The lowest BCUT2D eigenvalue weighted by atomic mass is 9.49. The Morgan fingerprint density at radius 3 is 2.12 bits per heavy atom. The maximum Gasteiger partial charge on any atom is 0.344 e. The van der Waals surface area contributed by atoms with Crippen LogP contribution in [0.25, 0.3) is 0 Å². The van der Waals surface area contributed by atoms with E-state index in [4.69, 9.17) is 9.47 Å². The molecule has 4 nitrogen and oxygen atoms in total. The number of carbonyl (C=O) groups is 1. The Labute approximate surface area is 152 Å². The van der Waals surface area contributed by atoms with E-state index in [0.717, 1.165) is 43.1 Å². The largest absolute Gasteiger partial charge is 0.481 e. The zero-order valence-electron chi connectivity index (χ0n) is 16.1. The van der Waals surface area contributed by atoms with E-state index in [1.807, 2.05) is 6.92 Å². The average molecular weight is 350 g/mol. The fourth-order valence-electron chi connectivity index (χ4n) is 6.01. The molecular weight excluding hydrogens is 316 g/mol. The first-order valence-corrected chi connectivity index (χ1v) is 10.3. The molecule has 4 heteroatoms. The quantitative estimate of drug-likeness (QED) is 0.487. The van der Waals surface area contributed by atoms with E-state index in [2.05, 4.69) is 13.8 Å².